The number of aromatic nitrogens is 3. The lowest BCUT2D eigenvalue weighted by molar-refractivity contribution is 0.0690. The quantitative estimate of drug-likeness (QED) is 0.836. The van der Waals surface area contributed by atoms with Crippen LogP contribution in [0.2, 0.25) is 0 Å². The molecule has 0 aliphatic carbocycles. The first-order valence-corrected chi connectivity index (χ1v) is 5.64. The molecule has 1 aliphatic rings. The Kier molecular flexibility index (Phi) is 3.68. The molecule has 0 saturated carbocycles. The van der Waals surface area contributed by atoms with Crippen LogP contribution in [0.1, 0.15) is 29.4 Å². The molecular weight excluding hydrogens is 227 g/mol. The van der Waals surface area contributed by atoms with Crippen LogP contribution in [0.4, 0.5) is 4.39 Å². The Morgan fingerprint density at radius 3 is 3.12 bits per heavy atom. The van der Waals surface area contributed by atoms with Gasteiger partial charge in [0.1, 0.15) is 6.67 Å². The van der Waals surface area contributed by atoms with E-state index in [1.807, 2.05) is 4.90 Å². The van der Waals surface area contributed by atoms with Crippen molar-refractivity contribution in [2.45, 2.75) is 18.9 Å². The highest BCUT2D eigenvalue weighted by Crippen LogP contribution is 2.20. The lowest BCUT2D eigenvalue weighted by Crippen LogP contribution is -2.38. The fourth-order valence-corrected chi connectivity index (χ4v) is 2.12. The van der Waals surface area contributed by atoms with Gasteiger partial charge < -0.3 is 5.11 Å². The molecule has 1 fully saturated rings. The van der Waals surface area contributed by atoms with Crippen molar-refractivity contribution in [3.8, 4) is 0 Å². The molecule has 1 aromatic heterocycles. The topological polar surface area (TPSA) is 71.2 Å². The van der Waals surface area contributed by atoms with Gasteiger partial charge in [-0.15, -0.1) is 5.10 Å². The molecule has 0 unspecified atom stereocenters. The minimum absolute atomic E-state index is 0.0485. The lowest BCUT2D eigenvalue weighted by Gasteiger charge is -2.31. The van der Waals surface area contributed by atoms with Crippen LogP contribution in [0.3, 0.4) is 0 Å². The van der Waals surface area contributed by atoms with Crippen LogP contribution in [0.5, 0.6) is 0 Å². The van der Waals surface area contributed by atoms with E-state index in [2.05, 4.69) is 10.3 Å². The second-order valence-electron chi connectivity index (χ2n) is 4.17. The van der Waals surface area contributed by atoms with Crippen LogP contribution >= 0.6 is 0 Å². The zero-order valence-corrected chi connectivity index (χ0v) is 9.42. The second kappa shape index (κ2) is 5.22. The van der Waals surface area contributed by atoms with Crippen molar-refractivity contribution in [1.29, 1.82) is 0 Å². The fourth-order valence-electron chi connectivity index (χ4n) is 2.12. The zero-order valence-electron chi connectivity index (χ0n) is 9.42. The van der Waals surface area contributed by atoms with Crippen molar-refractivity contribution < 1.29 is 14.3 Å². The summed E-state index contributed by atoms with van der Waals surface area (Å²) in [4.78, 5) is 12.7. The van der Waals surface area contributed by atoms with Crippen LogP contribution in [0.25, 0.3) is 0 Å². The smallest absolute Gasteiger partial charge is 0.358 e. The van der Waals surface area contributed by atoms with Crippen LogP contribution in [-0.2, 0) is 0 Å². The lowest BCUT2D eigenvalue weighted by atomic mass is 10.1. The highest BCUT2D eigenvalue weighted by molar-refractivity contribution is 5.84. The maximum atomic E-state index is 12.3. The number of aromatic carboxylic acids is 1. The average molecular weight is 242 g/mol. The van der Waals surface area contributed by atoms with E-state index in [-0.39, 0.29) is 18.4 Å². The van der Waals surface area contributed by atoms with Crippen LogP contribution < -0.4 is 0 Å². The van der Waals surface area contributed by atoms with Crippen molar-refractivity contribution in [2.75, 3.05) is 26.3 Å². The molecular formula is C10H15FN4O2. The number of carbonyl (C=O) groups is 1. The van der Waals surface area contributed by atoms with E-state index in [0.717, 1.165) is 19.4 Å². The highest BCUT2D eigenvalue weighted by Gasteiger charge is 2.22. The molecule has 1 aromatic rings. The summed E-state index contributed by atoms with van der Waals surface area (Å²) < 4.78 is 13.8. The van der Waals surface area contributed by atoms with Crippen LogP contribution in [0, 0.1) is 0 Å². The standard InChI is InChI=1S/C10H15FN4O2/c11-3-5-14-4-1-2-8(6-14)15-7-9(10(16)17)12-13-15/h7-8H,1-6H2,(H,16,17)/t8-/m1/s1. The molecule has 0 amide bonds. The Labute approximate surface area is 98.0 Å². The number of hydrogen-bond acceptors (Lipinski definition) is 4. The summed E-state index contributed by atoms with van der Waals surface area (Å²) in [6.07, 6.45) is 3.32. The first-order valence-electron chi connectivity index (χ1n) is 5.64. The number of rotatable bonds is 4. The Bertz CT molecular complexity index is 393. The van der Waals surface area contributed by atoms with Crippen molar-refractivity contribution in [2.24, 2.45) is 0 Å². The van der Waals surface area contributed by atoms with Crippen molar-refractivity contribution >= 4 is 5.97 Å². The SMILES string of the molecule is O=C(O)c1cn([C@@H]2CCCN(CCF)C2)nn1. The van der Waals surface area contributed by atoms with Gasteiger partial charge in [-0.2, -0.15) is 0 Å². The summed E-state index contributed by atoms with van der Waals surface area (Å²) in [6, 6.07) is 0.0934. The first kappa shape index (κ1) is 12.0. The van der Waals surface area contributed by atoms with E-state index in [9.17, 15) is 9.18 Å². The van der Waals surface area contributed by atoms with Gasteiger partial charge in [-0.3, -0.25) is 4.90 Å². The summed E-state index contributed by atoms with van der Waals surface area (Å²) in [5.41, 5.74) is -0.0485. The molecule has 7 heteroatoms. The Hall–Kier alpha value is -1.50. The third-order valence-corrected chi connectivity index (χ3v) is 2.98. The number of nitrogens with zero attached hydrogens (tertiary/aromatic N) is 4. The predicted molar refractivity (Wildman–Crippen MR) is 57.7 cm³/mol. The number of alkyl halides is 1. The van der Waals surface area contributed by atoms with Crippen molar-refractivity contribution in [3.63, 3.8) is 0 Å². The molecule has 0 radical (unpaired) electrons. The summed E-state index contributed by atoms with van der Waals surface area (Å²) >= 11 is 0. The monoisotopic (exact) mass is 242 g/mol. The van der Waals surface area contributed by atoms with E-state index in [1.165, 1.54) is 6.20 Å². The molecule has 2 heterocycles. The third-order valence-electron chi connectivity index (χ3n) is 2.98. The Morgan fingerprint density at radius 2 is 2.47 bits per heavy atom. The molecule has 6 nitrogen and oxygen atoms in total. The number of carboxylic acids is 1. The van der Waals surface area contributed by atoms with E-state index < -0.39 is 5.97 Å². The van der Waals surface area contributed by atoms with Gasteiger partial charge in [0.15, 0.2) is 5.69 Å². The molecule has 0 spiro atoms. The second-order valence-corrected chi connectivity index (χ2v) is 4.17. The summed E-state index contributed by atoms with van der Waals surface area (Å²) in [5, 5.41) is 16.2. The highest BCUT2D eigenvalue weighted by atomic mass is 19.1. The van der Waals surface area contributed by atoms with Crippen molar-refractivity contribution in [3.05, 3.63) is 11.9 Å². The molecule has 1 saturated heterocycles. The minimum Gasteiger partial charge on any atom is -0.476 e. The largest absolute Gasteiger partial charge is 0.476 e. The van der Waals surface area contributed by atoms with Gasteiger partial charge >= 0.3 is 5.97 Å². The Morgan fingerprint density at radius 1 is 1.65 bits per heavy atom. The third kappa shape index (κ3) is 2.79. The zero-order chi connectivity index (χ0) is 12.3. The van der Waals surface area contributed by atoms with Gasteiger partial charge in [-0.25, -0.2) is 13.9 Å². The van der Waals surface area contributed by atoms with Crippen LogP contribution in [0.15, 0.2) is 6.20 Å². The minimum atomic E-state index is -1.08. The molecule has 94 valence electrons. The normalized spacial score (nSPS) is 21.6. The average Bonchev–Trinajstić information content (AvgIpc) is 2.79. The van der Waals surface area contributed by atoms with Gasteiger partial charge in [0.2, 0.25) is 0 Å². The van der Waals surface area contributed by atoms with Gasteiger partial charge in [-0.05, 0) is 19.4 Å². The molecule has 2 rings (SSSR count). The van der Waals surface area contributed by atoms with E-state index in [4.69, 9.17) is 5.11 Å². The molecule has 17 heavy (non-hydrogen) atoms. The molecule has 0 bridgehead atoms. The summed E-state index contributed by atoms with van der Waals surface area (Å²) in [6.45, 7) is 1.66. The predicted octanol–water partition coefficient (Wildman–Crippen LogP) is 0.583. The molecule has 1 aliphatic heterocycles. The number of likely N-dealkylation sites (tertiary alicyclic amines) is 1. The first-order chi connectivity index (χ1) is 8.20. The molecule has 0 aromatic carbocycles. The number of piperidine rings is 1. The van der Waals surface area contributed by atoms with Gasteiger partial charge in [0.05, 0.1) is 12.2 Å². The number of carboxylic acid groups (broad SMARTS) is 1. The van der Waals surface area contributed by atoms with E-state index >= 15 is 0 Å². The van der Waals surface area contributed by atoms with E-state index in [1.54, 1.807) is 4.68 Å². The van der Waals surface area contributed by atoms with Crippen LogP contribution in [-0.4, -0.2) is 57.3 Å². The number of halogens is 1. The molecule has 1 atom stereocenters. The van der Waals surface area contributed by atoms with Gasteiger partial charge in [0.25, 0.3) is 0 Å². The van der Waals surface area contributed by atoms with Gasteiger partial charge in [-0.1, -0.05) is 5.21 Å². The van der Waals surface area contributed by atoms with E-state index in [0.29, 0.717) is 13.1 Å². The molecule has 1 N–H and O–H groups in total. The van der Waals surface area contributed by atoms with Crippen molar-refractivity contribution in [1.82, 2.24) is 19.9 Å². The Balaban J connectivity index is 2.02. The maximum absolute atomic E-state index is 12.3. The maximum Gasteiger partial charge on any atom is 0.358 e. The fraction of sp³-hybridized carbons (Fsp3) is 0.700. The van der Waals surface area contributed by atoms with Gasteiger partial charge in [0, 0.05) is 13.1 Å². The summed E-state index contributed by atoms with van der Waals surface area (Å²) in [5.74, 6) is -1.08. The summed E-state index contributed by atoms with van der Waals surface area (Å²) in [7, 11) is 0. The number of hydrogen-bond donors (Lipinski definition) is 1.